The van der Waals surface area contributed by atoms with Gasteiger partial charge in [-0.25, -0.2) is 9.59 Å². The summed E-state index contributed by atoms with van der Waals surface area (Å²) in [6.45, 7) is 3.82. The summed E-state index contributed by atoms with van der Waals surface area (Å²) in [6.07, 6.45) is 10.6. The van der Waals surface area contributed by atoms with E-state index < -0.39 is 5.97 Å². The van der Waals surface area contributed by atoms with Gasteiger partial charge in [0.15, 0.2) is 0 Å². The minimum Gasteiger partial charge on any atom is -0.508 e. The molecule has 0 atom stereocenters. The van der Waals surface area contributed by atoms with E-state index >= 15 is 0 Å². The van der Waals surface area contributed by atoms with E-state index in [1.807, 2.05) is 12.1 Å². The Labute approximate surface area is 177 Å². The number of phenols is 1. The SMILES string of the molecule is C=CC(=O)OCCCCCCCc1ccc(C=CC(=O)Oc2ccc(O)cc2)cc1. The highest BCUT2D eigenvalue weighted by Gasteiger charge is 2.01. The van der Waals surface area contributed by atoms with Crippen LogP contribution in [-0.4, -0.2) is 23.7 Å². The van der Waals surface area contributed by atoms with E-state index in [2.05, 4.69) is 18.7 Å². The predicted molar refractivity (Wildman–Crippen MR) is 117 cm³/mol. The maximum absolute atomic E-state index is 11.9. The minimum absolute atomic E-state index is 0.122. The zero-order chi connectivity index (χ0) is 21.6. The summed E-state index contributed by atoms with van der Waals surface area (Å²) in [5.41, 5.74) is 2.19. The number of unbranched alkanes of at least 4 members (excludes halogenated alkanes) is 4. The van der Waals surface area contributed by atoms with Crippen LogP contribution in [0.4, 0.5) is 0 Å². The van der Waals surface area contributed by atoms with Crippen molar-refractivity contribution in [1.29, 1.82) is 0 Å². The normalized spacial score (nSPS) is 10.7. The Morgan fingerprint density at radius 1 is 0.867 bits per heavy atom. The Morgan fingerprint density at radius 2 is 1.53 bits per heavy atom. The predicted octanol–water partition coefficient (Wildman–Crippen LogP) is 5.23. The number of phenolic OH excluding ortho intramolecular Hbond substituents is 1. The lowest BCUT2D eigenvalue weighted by molar-refractivity contribution is -0.137. The molecule has 0 fully saturated rings. The van der Waals surface area contributed by atoms with Gasteiger partial charge in [-0.1, -0.05) is 50.1 Å². The molecule has 2 aromatic carbocycles. The van der Waals surface area contributed by atoms with Gasteiger partial charge in [0, 0.05) is 12.2 Å². The van der Waals surface area contributed by atoms with E-state index in [4.69, 9.17) is 9.47 Å². The number of carbonyl (C=O) groups excluding carboxylic acids is 2. The zero-order valence-corrected chi connectivity index (χ0v) is 17.1. The summed E-state index contributed by atoms with van der Waals surface area (Å²) in [6, 6.07) is 14.1. The van der Waals surface area contributed by atoms with Crippen LogP contribution in [0.25, 0.3) is 6.08 Å². The molecule has 0 spiro atoms. The topological polar surface area (TPSA) is 72.8 Å². The van der Waals surface area contributed by atoms with Crippen molar-refractivity contribution in [1.82, 2.24) is 0 Å². The molecule has 0 aliphatic heterocycles. The molecule has 1 N–H and O–H groups in total. The Balaban J connectivity index is 1.62. The Bertz CT molecular complexity index is 835. The lowest BCUT2D eigenvalue weighted by atomic mass is 10.0. The second kappa shape index (κ2) is 13.0. The first-order chi connectivity index (χ1) is 14.6. The molecule has 0 heterocycles. The van der Waals surface area contributed by atoms with Crippen LogP contribution >= 0.6 is 0 Å². The van der Waals surface area contributed by atoms with Gasteiger partial charge in [0.1, 0.15) is 11.5 Å². The number of ether oxygens (including phenoxy) is 2. The van der Waals surface area contributed by atoms with E-state index in [9.17, 15) is 14.7 Å². The van der Waals surface area contributed by atoms with E-state index in [0.717, 1.165) is 44.1 Å². The fraction of sp³-hybridized carbons (Fsp3) is 0.280. The summed E-state index contributed by atoms with van der Waals surface area (Å²) in [4.78, 5) is 22.8. The van der Waals surface area contributed by atoms with Gasteiger partial charge in [-0.2, -0.15) is 0 Å². The van der Waals surface area contributed by atoms with Gasteiger partial charge in [-0.3, -0.25) is 0 Å². The van der Waals surface area contributed by atoms with Gasteiger partial charge in [-0.15, -0.1) is 0 Å². The van der Waals surface area contributed by atoms with Crippen molar-refractivity contribution in [3.05, 3.63) is 78.4 Å². The second-order valence-electron chi connectivity index (χ2n) is 6.88. The lowest BCUT2D eigenvalue weighted by Crippen LogP contribution is -2.03. The van der Waals surface area contributed by atoms with Crippen LogP contribution < -0.4 is 4.74 Å². The van der Waals surface area contributed by atoms with Crippen LogP contribution in [0.3, 0.4) is 0 Å². The quantitative estimate of drug-likeness (QED) is 0.225. The van der Waals surface area contributed by atoms with Crippen LogP contribution in [0.5, 0.6) is 11.5 Å². The van der Waals surface area contributed by atoms with E-state index in [-0.39, 0.29) is 11.7 Å². The Morgan fingerprint density at radius 3 is 2.23 bits per heavy atom. The fourth-order valence-electron chi connectivity index (χ4n) is 2.82. The van der Waals surface area contributed by atoms with E-state index in [0.29, 0.717) is 12.4 Å². The number of hydrogen-bond acceptors (Lipinski definition) is 5. The van der Waals surface area contributed by atoms with Crippen molar-refractivity contribution in [2.24, 2.45) is 0 Å². The first kappa shape index (κ1) is 22.9. The molecule has 0 unspecified atom stereocenters. The largest absolute Gasteiger partial charge is 0.508 e. The number of carbonyl (C=O) groups is 2. The Hall–Kier alpha value is -3.34. The summed E-state index contributed by atoms with van der Waals surface area (Å²) in [5, 5.41) is 9.23. The van der Waals surface area contributed by atoms with Crippen molar-refractivity contribution in [3.8, 4) is 11.5 Å². The average Bonchev–Trinajstić information content (AvgIpc) is 2.76. The molecule has 0 aliphatic rings. The number of aryl methyl sites for hydroxylation is 1. The number of rotatable bonds is 12. The van der Waals surface area contributed by atoms with Gasteiger partial charge in [0.2, 0.25) is 0 Å². The summed E-state index contributed by atoms with van der Waals surface area (Å²) >= 11 is 0. The van der Waals surface area contributed by atoms with Crippen LogP contribution in [0.1, 0.15) is 43.2 Å². The molecule has 0 bridgehead atoms. The van der Waals surface area contributed by atoms with Crippen LogP contribution in [0, 0.1) is 0 Å². The molecular weight excluding hydrogens is 380 g/mol. The molecule has 0 aromatic heterocycles. The van der Waals surface area contributed by atoms with Crippen molar-refractivity contribution in [2.75, 3.05) is 6.61 Å². The van der Waals surface area contributed by atoms with E-state index in [1.54, 1.807) is 6.08 Å². The zero-order valence-electron chi connectivity index (χ0n) is 17.1. The molecular formula is C25H28O5. The smallest absolute Gasteiger partial charge is 0.336 e. The number of hydrogen-bond donors (Lipinski definition) is 1. The summed E-state index contributed by atoms with van der Waals surface area (Å²) < 4.78 is 10.1. The fourth-order valence-corrected chi connectivity index (χ4v) is 2.82. The molecule has 30 heavy (non-hydrogen) atoms. The highest BCUT2D eigenvalue weighted by Crippen LogP contribution is 2.16. The van der Waals surface area contributed by atoms with Crippen LogP contribution in [-0.2, 0) is 20.7 Å². The molecule has 0 amide bonds. The van der Waals surface area contributed by atoms with Crippen molar-refractivity contribution in [3.63, 3.8) is 0 Å². The molecule has 0 saturated carbocycles. The van der Waals surface area contributed by atoms with Crippen molar-refractivity contribution >= 4 is 18.0 Å². The first-order valence-corrected chi connectivity index (χ1v) is 10.1. The molecule has 5 nitrogen and oxygen atoms in total. The maximum atomic E-state index is 11.9. The number of esters is 2. The van der Waals surface area contributed by atoms with Crippen LogP contribution in [0.15, 0.2) is 67.3 Å². The van der Waals surface area contributed by atoms with Gasteiger partial charge >= 0.3 is 11.9 Å². The van der Waals surface area contributed by atoms with E-state index in [1.165, 1.54) is 42.0 Å². The van der Waals surface area contributed by atoms with Crippen molar-refractivity contribution < 1.29 is 24.2 Å². The van der Waals surface area contributed by atoms with Gasteiger partial charge in [0.25, 0.3) is 0 Å². The number of benzene rings is 2. The summed E-state index contributed by atoms with van der Waals surface area (Å²) in [7, 11) is 0. The average molecular weight is 408 g/mol. The van der Waals surface area contributed by atoms with Crippen LogP contribution in [0.2, 0.25) is 0 Å². The molecule has 0 radical (unpaired) electrons. The lowest BCUT2D eigenvalue weighted by Gasteiger charge is -2.04. The highest BCUT2D eigenvalue weighted by atomic mass is 16.5. The third-order valence-corrected chi connectivity index (χ3v) is 4.47. The van der Waals surface area contributed by atoms with Gasteiger partial charge in [-0.05, 0) is 60.7 Å². The second-order valence-corrected chi connectivity index (χ2v) is 6.88. The third-order valence-electron chi connectivity index (χ3n) is 4.47. The third kappa shape index (κ3) is 9.24. The minimum atomic E-state index is -0.468. The monoisotopic (exact) mass is 408 g/mol. The molecule has 5 heteroatoms. The Kier molecular flexibility index (Phi) is 9.93. The molecule has 2 aromatic rings. The standard InChI is InChI=1S/C25H28O5/c1-2-24(27)29-19-7-5-3-4-6-8-20-9-11-21(12-10-20)13-18-25(28)30-23-16-14-22(26)15-17-23/h2,9-18,26H,1,3-8,19H2. The van der Waals surface area contributed by atoms with Gasteiger partial charge < -0.3 is 14.6 Å². The maximum Gasteiger partial charge on any atom is 0.336 e. The molecule has 0 aliphatic carbocycles. The highest BCUT2D eigenvalue weighted by molar-refractivity contribution is 5.88. The molecule has 2 rings (SSSR count). The molecule has 158 valence electrons. The van der Waals surface area contributed by atoms with Crippen molar-refractivity contribution in [2.45, 2.75) is 38.5 Å². The number of aromatic hydroxyl groups is 1. The van der Waals surface area contributed by atoms with Gasteiger partial charge in [0.05, 0.1) is 6.61 Å². The first-order valence-electron chi connectivity index (χ1n) is 10.1. The summed E-state index contributed by atoms with van der Waals surface area (Å²) in [5.74, 6) is -0.320. The molecule has 0 saturated heterocycles.